The number of nitrogens with zero attached hydrogens (tertiary/aromatic N) is 1. The van der Waals surface area contributed by atoms with Gasteiger partial charge in [0.05, 0.1) is 0 Å². The lowest BCUT2D eigenvalue weighted by Crippen LogP contribution is -2.14. The van der Waals surface area contributed by atoms with Gasteiger partial charge in [-0.15, -0.1) is 0 Å². The maximum absolute atomic E-state index is 4.05. The number of aliphatic imine (C=N–C) groups is 1. The van der Waals surface area contributed by atoms with Gasteiger partial charge in [-0.1, -0.05) is 37.8 Å². The molecule has 1 aliphatic heterocycles. The van der Waals surface area contributed by atoms with Gasteiger partial charge in [0.15, 0.2) is 0 Å². The van der Waals surface area contributed by atoms with Crippen LogP contribution in [0.2, 0.25) is 0 Å². The molecule has 0 aromatic heterocycles. The van der Waals surface area contributed by atoms with E-state index in [4.69, 9.17) is 0 Å². The topological polar surface area (TPSA) is 12.4 Å². The van der Waals surface area contributed by atoms with Crippen LogP contribution in [0.5, 0.6) is 0 Å². The van der Waals surface area contributed by atoms with Crippen LogP contribution in [-0.2, 0) is 0 Å². The van der Waals surface area contributed by atoms with E-state index in [1.807, 2.05) is 24.6 Å². The standard InChI is InChI=1S/C11H15N/c1-3-4-5-6-11(2)7-9-12-10-8-11/h3-5,7,9-10H,1,6,8H2,2H3/b5-4-/t11-/m0/s1. The monoisotopic (exact) mass is 161 g/mol. The van der Waals surface area contributed by atoms with Crippen molar-refractivity contribution in [3.8, 4) is 0 Å². The Morgan fingerprint density at radius 3 is 3.08 bits per heavy atom. The lowest BCUT2D eigenvalue weighted by atomic mass is 9.83. The molecule has 1 rings (SSSR count). The predicted molar refractivity (Wildman–Crippen MR) is 54.3 cm³/mol. The summed E-state index contributed by atoms with van der Waals surface area (Å²) in [7, 11) is 0. The van der Waals surface area contributed by atoms with Gasteiger partial charge in [-0.2, -0.15) is 0 Å². The molecule has 0 fully saturated rings. The Kier molecular flexibility index (Phi) is 3.03. The van der Waals surface area contributed by atoms with E-state index in [9.17, 15) is 0 Å². The molecule has 64 valence electrons. The van der Waals surface area contributed by atoms with Crippen molar-refractivity contribution in [3.63, 3.8) is 0 Å². The molecule has 0 N–H and O–H groups in total. The maximum Gasteiger partial charge on any atom is 0.0229 e. The van der Waals surface area contributed by atoms with Crippen LogP contribution in [0.15, 0.2) is 42.1 Å². The van der Waals surface area contributed by atoms with Crippen molar-refractivity contribution < 1.29 is 0 Å². The highest BCUT2D eigenvalue weighted by Crippen LogP contribution is 2.29. The van der Waals surface area contributed by atoms with E-state index in [0.29, 0.717) is 0 Å². The van der Waals surface area contributed by atoms with Gasteiger partial charge < -0.3 is 0 Å². The van der Waals surface area contributed by atoms with E-state index in [-0.39, 0.29) is 5.41 Å². The Balaban J connectivity index is 2.49. The number of allylic oxidation sites excluding steroid dienone is 4. The average molecular weight is 161 g/mol. The molecule has 0 aliphatic carbocycles. The normalized spacial score (nSPS) is 28.1. The first-order valence-electron chi connectivity index (χ1n) is 4.24. The highest BCUT2D eigenvalue weighted by atomic mass is 14.7. The Bertz CT molecular complexity index is 235. The maximum atomic E-state index is 4.05. The first kappa shape index (κ1) is 8.98. The van der Waals surface area contributed by atoms with Crippen LogP contribution in [0.1, 0.15) is 19.8 Å². The SMILES string of the molecule is C=C/C=C\C[C@@]1(C)C=CN=CC1. The first-order valence-corrected chi connectivity index (χ1v) is 4.24. The molecule has 0 unspecified atom stereocenters. The van der Waals surface area contributed by atoms with Crippen LogP contribution < -0.4 is 0 Å². The van der Waals surface area contributed by atoms with Crippen molar-refractivity contribution in [2.24, 2.45) is 10.4 Å². The largest absolute Gasteiger partial charge is 0.269 e. The van der Waals surface area contributed by atoms with E-state index in [2.05, 4.69) is 30.6 Å². The van der Waals surface area contributed by atoms with Crippen molar-refractivity contribution in [1.29, 1.82) is 0 Å². The summed E-state index contributed by atoms with van der Waals surface area (Å²) in [6.07, 6.45) is 14.1. The predicted octanol–water partition coefficient (Wildman–Crippen LogP) is 3.11. The molecule has 1 atom stereocenters. The average Bonchev–Trinajstić information content (AvgIpc) is 2.06. The Morgan fingerprint density at radius 1 is 1.67 bits per heavy atom. The lowest BCUT2D eigenvalue weighted by Gasteiger charge is -2.23. The van der Waals surface area contributed by atoms with Gasteiger partial charge in [-0.25, -0.2) is 0 Å². The van der Waals surface area contributed by atoms with Gasteiger partial charge in [0.2, 0.25) is 0 Å². The fourth-order valence-corrected chi connectivity index (χ4v) is 1.20. The lowest BCUT2D eigenvalue weighted by molar-refractivity contribution is 0.452. The minimum Gasteiger partial charge on any atom is -0.269 e. The van der Waals surface area contributed by atoms with Gasteiger partial charge >= 0.3 is 0 Å². The van der Waals surface area contributed by atoms with Gasteiger partial charge in [0.1, 0.15) is 0 Å². The second-order valence-electron chi connectivity index (χ2n) is 3.37. The fourth-order valence-electron chi connectivity index (χ4n) is 1.20. The van der Waals surface area contributed by atoms with Crippen LogP contribution in [-0.4, -0.2) is 6.21 Å². The first-order chi connectivity index (χ1) is 5.77. The Hall–Kier alpha value is -1.11. The van der Waals surface area contributed by atoms with Crippen molar-refractivity contribution in [3.05, 3.63) is 37.1 Å². The molecule has 1 nitrogen and oxygen atoms in total. The highest BCUT2D eigenvalue weighted by Gasteiger charge is 2.19. The van der Waals surface area contributed by atoms with Crippen LogP contribution in [0.25, 0.3) is 0 Å². The zero-order valence-corrected chi connectivity index (χ0v) is 7.53. The molecule has 0 spiro atoms. The molecule has 0 aromatic rings. The van der Waals surface area contributed by atoms with Crippen LogP contribution >= 0.6 is 0 Å². The zero-order valence-electron chi connectivity index (χ0n) is 7.53. The minimum atomic E-state index is 0.265. The molecule has 1 heteroatoms. The molecule has 0 bridgehead atoms. The van der Waals surface area contributed by atoms with Crippen molar-refractivity contribution in [2.45, 2.75) is 19.8 Å². The van der Waals surface area contributed by atoms with E-state index in [1.54, 1.807) is 0 Å². The molecule has 12 heavy (non-hydrogen) atoms. The summed E-state index contributed by atoms with van der Waals surface area (Å²) in [5.41, 5.74) is 0.265. The molecular formula is C11H15N. The smallest absolute Gasteiger partial charge is 0.0229 e. The van der Waals surface area contributed by atoms with Gasteiger partial charge in [-0.3, -0.25) is 4.99 Å². The Labute approximate surface area is 74.2 Å². The van der Waals surface area contributed by atoms with Crippen molar-refractivity contribution in [2.75, 3.05) is 0 Å². The molecule has 0 aromatic carbocycles. The van der Waals surface area contributed by atoms with Crippen molar-refractivity contribution in [1.82, 2.24) is 0 Å². The molecule has 1 heterocycles. The third-order valence-electron chi connectivity index (χ3n) is 2.08. The molecule has 0 radical (unpaired) electrons. The van der Waals surface area contributed by atoms with Crippen LogP contribution in [0.4, 0.5) is 0 Å². The van der Waals surface area contributed by atoms with Gasteiger partial charge in [-0.05, 0) is 18.3 Å². The second kappa shape index (κ2) is 4.05. The van der Waals surface area contributed by atoms with E-state index in [0.717, 1.165) is 12.8 Å². The fraction of sp³-hybridized carbons (Fsp3) is 0.364. The Morgan fingerprint density at radius 2 is 2.50 bits per heavy atom. The second-order valence-corrected chi connectivity index (χ2v) is 3.37. The van der Waals surface area contributed by atoms with Crippen LogP contribution in [0, 0.1) is 5.41 Å². The zero-order chi connectivity index (χ0) is 8.86. The summed E-state index contributed by atoms with van der Waals surface area (Å²) in [5.74, 6) is 0. The number of rotatable bonds is 3. The quantitative estimate of drug-likeness (QED) is 0.564. The summed E-state index contributed by atoms with van der Waals surface area (Å²) in [6.45, 7) is 5.87. The molecule has 0 saturated carbocycles. The molecule has 0 saturated heterocycles. The van der Waals surface area contributed by atoms with E-state index < -0.39 is 0 Å². The minimum absolute atomic E-state index is 0.265. The number of hydrogen-bond acceptors (Lipinski definition) is 1. The summed E-state index contributed by atoms with van der Waals surface area (Å²) < 4.78 is 0. The molecule has 0 amide bonds. The van der Waals surface area contributed by atoms with Gasteiger partial charge in [0.25, 0.3) is 0 Å². The summed E-state index contributed by atoms with van der Waals surface area (Å²) >= 11 is 0. The number of hydrogen-bond donors (Lipinski definition) is 0. The summed E-state index contributed by atoms with van der Waals surface area (Å²) in [6, 6.07) is 0. The molecule has 1 aliphatic rings. The third kappa shape index (κ3) is 2.50. The van der Waals surface area contributed by atoms with Gasteiger partial charge in [0, 0.05) is 12.4 Å². The molecular weight excluding hydrogens is 146 g/mol. The van der Waals surface area contributed by atoms with E-state index >= 15 is 0 Å². The van der Waals surface area contributed by atoms with Crippen LogP contribution in [0.3, 0.4) is 0 Å². The summed E-state index contributed by atoms with van der Waals surface area (Å²) in [5, 5.41) is 0. The highest BCUT2D eigenvalue weighted by molar-refractivity contribution is 5.61. The van der Waals surface area contributed by atoms with E-state index in [1.165, 1.54) is 0 Å². The third-order valence-corrected chi connectivity index (χ3v) is 2.08. The summed E-state index contributed by atoms with van der Waals surface area (Å²) in [4.78, 5) is 4.05. The van der Waals surface area contributed by atoms with Crippen molar-refractivity contribution >= 4 is 6.21 Å².